The first-order valence-corrected chi connectivity index (χ1v) is 7.79. The van der Waals surface area contributed by atoms with E-state index in [1.54, 1.807) is 17.5 Å². The van der Waals surface area contributed by atoms with Crippen molar-refractivity contribution in [1.29, 1.82) is 0 Å². The molecule has 0 spiro atoms. The van der Waals surface area contributed by atoms with Gasteiger partial charge in [0.2, 0.25) is 5.88 Å². The molecule has 1 atom stereocenters. The Labute approximate surface area is 124 Å². The third kappa shape index (κ3) is 4.02. The summed E-state index contributed by atoms with van der Waals surface area (Å²) < 4.78 is 5.74. The van der Waals surface area contributed by atoms with Gasteiger partial charge < -0.3 is 10.1 Å². The highest BCUT2D eigenvalue weighted by atomic mass is 32.1. The molecule has 1 N–H and O–H groups in total. The fraction of sp³-hybridized carbons (Fsp3) is 0.467. The minimum absolute atomic E-state index is 0.314. The van der Waals surface area contributed by atoms with Crippen LogP contribution in [0.1, 0.15) is 36.0 Å². The minimum atomic E-state index is 0.314. The van der Waals surface area contributed by atoms with Crippen LogP contribution in [0.4, 0.5) is 0 Å². The second-order valence-electron chi connectivity index (χ2n) is 4.67. The smallest absolute Gasteiger partial charge is 0.213 e. The summed E-state index contributed by atoms with van der Waals surface area (Å²) in [6.07, 6.45) is 2.68. The normalized spacial score (nSPS) is 12.3. The highest BCUT2D eigenvalue weighted by molar-refractivity contribution is 7.09. The zero-order valence-corrected chi connectivity index (χ0v) is 13.0. The highest BCUT2D eigenvalue weighted by Gasteiger charge is 2.06. The maximum atomic E-state index is 5.74. The van der Waals surface area contributed by atoms with Gasteiger partial charge in [-0.1, -0.05) is 6.92 Å². The number of aryl methyl sites for hydroxylation is 1. The molecule has 0 saturated carbocycles. The van der Waals surface area contributed by atoms with Gasteiger partial charge in [-0.25, -0.2) is 9.97 Å². The van der Waals surface area contributed by atoms with Gasteiger partial charge in [0.1, 0.15) is 0 Å². The molecule has 0 saturated heterocycles. The molecule has 2 heterocycles. The van der Waals surface area contributed by atoms with E-state index >= 15 is 0 Å². The van der Waals surface area contributed by atoms with Crippen molar-refractivity contribution in [2.75, 3.05) is 13.2 Å². The molecular formula is C15H21N3OS. The molecule has 0 bridgehead atoms. The van der Waals surface area contributed by atoms with E-state index in [4.69, 9.17) is 4.74 Å². The van der Waals surface area contributed by atoms with Crippen LogP contribution in [0.5, 0.6) is 5.88 Å². The molecule has 108 valence electrons. The molecule has 2 aromatic heterocycles. The van der Waals surface area contributed by atoms with Crippen molar-refractivity contribution >= 4 is 11.3 Å². The monoisotopic (exact) mass is 291 g/mol. The fourth-order valence-corrected chi connectivity index (χ4v) is 2.77. The summed E-state index contributed by atoms with van der Waals surface area (Å²) in [7, 11) is 0. The van der Waals surface area contributed by atoms with Crippen LogP contribution in [0.3, 0.4) is 0 Å². The molecule has 2 rings (SSSR count). The molecule has 5 heteroatoms. The van der Waals surface area contributed by atoms with Crippen LogP contribution >= 0.6 is 11.3 Å². The molecular weight excluding hydrogens is 270 g/mol. The van der Waals surface area contributed by atoms with E-state index in [0.29, 0.717) is 18.5 Å². The van der Waals surface area contributed by atoms with Gasteiger partial charge in [-0.2, -0.15) is 0 Å². The number of rotatable bonds is 7. The van der Waals surface area contributed by atoms with Crippen LogP contribution in [0.25, 0.3) is 0 Å². The first-order valence-electron chi connectivity index (χ1n) is 6.91. The van der Waals surface area contributed by atoms with E-state index in [2.05, 4.69) is 29.1 Å². The molecule has 4 nitrogen and oxygen atoms in total. The molecule has 0 aliphatic carbocycles. The van der Waals surface area contributed by atoms with Crippen LogP contribution in [0.2, 0.25) is 0 Å². The van der Waals surface area contributed by atoms with Crippen LogP contribution in [-0.4, -0.2) is 23.1 Å². The van der Waals surface area contributed by atoms with Gasteiger partial charge >= 0.3 is 0 Å². The van der Waals surface area contributed by atoms with E-state index in [1.165, 1.54) is 10.4 Å². The zero-order chi connectivity index (χ0) is 14.4. The second-order valence-corrected chi connectivity index (χ2v) is 5.61. The topological polar surface area (TPSA) is 47.0 Å². The first-order chi connectivity index (χ1) is 9.70. The van der Waals surface area contributed by atoms with E-state index < -0.39 is 0 Å². The molecule has 20 heavy (non-hydrogen) atoms. The molecule has 0 amide bonds. The van der Waals surface area contributed by atoms with E-state index in [0.717, 1.165) is 18.7 Å². The molecule has 0 aliphatic heterocycles. The fourth-order valence-electron chi connectivity index (χ4n) is 2.01. The summed E-state index contributed by atoms with van der Waals surface area (Å²) in [5, 5.41) is 3.38. The van der Waals surface area contributed by atoms with Crippen molar-refractivity contribution in [3.05, 3.63) is 40.0 Å². The lowest BCUT2D eigenvalue weighted by Crippen LogP contribution is -2.17. The second kappa shape index (κ2) is 7.36. The van der Waals surface area contributed by atoms with Gasteiger partial charge in [-0.05, 0) is 32.0 Å². The number of pyridine rings is 1. The van der Waals surface area contributed by atoms with Crippen molar-refractivity contribution in [3.8, 4) is 5.88 Å². The Hall–Kier alpha value is -1.46. The number of hydrogen-bond acceptors (Lipinski definition) is 5. The third-order valence-corrected chi connectivity index (χ3v) is 4.19. The zero-order valence-electron chi connectivity index (χ0n) is 12.2. The van der Waals surface area contributed by atoms with Crippen molar-refractivity contribution in [2.24, 2.45) is 0 Å². The number of aromatic nitrogens is 2. The maximum Gasteiger partial charge on any atom is 0.213 e. The Morgan fingerprint density at radius 3 is 2.95 bits per heavy atom. The number of hydrogen-bond donors (Lipinski definition) is 1. The predicted octanol–water partition coefficient (Wildman–Crippen LogP) is 3.14. The van der Waals surface area contributed by atoms with Gasteiger partial charge in [0.25, 0.3) is 0 Å². The number of nitrogens with one attached hydrogen (secondary N) is 1. The third-order valence-electron chi connectivity index (χ3n) is 3.19. The van der Waals surface area contributed by atoms with Crippen LogP contribution < -0.4 is 10.1 Å². The summed E-state index contributed by atoms with van der Waals surface area (Å²) in [5.74, 6) is 0.689. The SMILES string of the molecule is CCNC(C)c1ccnc(OCCc2scnc2C)c1. The lowest BCUT2D eigenvalue weighted by atomic mass is 10.1. The summed E-state index contributed by atoms with van der Waals surface area (Å²) in [4.78, 5) is 9.78. The largest absolute Gasteiger partial charge is 0.477 e. The molecule has 0 radical (unpaired) electrons. The van der Waals surface area contributed by atoms with Gasteiger partial charge in [-0.15, -0.1) is 11.3 Å². The summed E-state index contributed by atoms with van der Waals surface area (Å²) >= 11 is 1.68. The predicted molar refractivity (Wildman–Crippen MR) is 82.4 cm³/mol. The van der Waals surface area contributed by atoms with E-state index in [-0.39, 0.29) is 0 Å². The van der Waals surface area contributed by atoms with Crippen molar-refractivity contribution in [1.82, 2.24) is 15.3 Å². The summed E-state index contributed by atoms with van der Waals surface area (Å²) in [6.45, 7) is 7.86. The van der Waals surface area contributed by atoms with Crippen LogP contribution in [0.15, 0.2) is 23.8 Å². The first kappa shape index (κ1) is 14.9. The Morgan fingerprint density at radius 2 is 2.25 bits per heavy atom. The maximum absolute atomic E-state index is 5.74. The minimum Gasteiger partial charge on any atom is -0.477 e. The van der Waals surface area contributed by atoms with Gasteiger partial charge in [0.05, 0.1) is 17.8 Å². The molecule has 1 unspecified atom stereocenters. The number of nitrogens with zero attached hydrogens (tertiary/aromatic N) is 2. The Morgan fingerprint density at radius 1 is 1.40 bits per heavy atom. The quantitative estimate of drug-likeness (QED) is 0.851. The Bertz CT molecular complexity index is 541. The van der Waals surface area contributed by atoms with Crippen molar-refractivity contribution in [2.45, 2.75) is 33.2 Å². The van der Waals surface area contributed by atoms with Gasteiger partial charge in [0, 0.05) is 29.6 Å². The van der Waals surface area contributed by atoms with Crippen LogP contribution in [-0.2, 0) is 6.42 Å². The average molecular weight is 291 g/mol. The Kier molecular flexibility index (Phi) is 5.49. The lowest BCUT2D eigenvalue weighted by molar-refractivity contribution is 0.309. The molecule has 0 aliphatic rings. The van der Waals surface area contributed by atoms with Crippen molar-refractivity contribution in [3.63, 3.8) is 0 Å². The highest BCUT2D eigenvalue weighted by Crippen LogP contribution is 2.17. The van der Waals surface area contributed by atoms with Gasteiger partial charge in [-0.3, -0.25) is 0 Å². The number of thiazole rings is 1. The standard InChI is InChI=1S/C15H21N3OS/c1-4-16-11(2)13-5-7-17-15(9-13)19-8-6-14-12(3)18-10-20-14/h5,7,9-11,16H,4,6,8H2,1-3H3. The molecule has 0 aromatic carbocycles. The van der Waals surface area contributed by atoms with Gasteiger partial charge in [0.15, 0.2) is 0 Å². The van der Waals surface area contributed by atoms with Crippen LogP contribution in [0, 0.1) is 6.92 Å². The van der Waals surface area contributed by atoms with E-state index in [9.17, 15) is 0 Å². The summed E-state index contributed by atoms with van der Waals surface area (Å²) in [6, 6.07) is 4.34. The van der Waals surface area contributed by atoms with Crippen molar-refractivity contribution < 1.29 is 4.74 Å². The summed E-state index contributed by atoms with van der Waals surface area (Å²) in [5.41, 5.74) is 4.17. The molecule has 0 fully saturated rings. The average Bonchev–Trinajstić information content (AvgIpc) is 2.85. The number of ether oxygens (including phenoxy) is 1. The Balaban J connectivity index is 1.90. The molecule has 2 aromatic rings. The lowest BCUT2D eigenvalue weighted by Gasteiger charge is -2.13. The van der Waals surface area contributed by atoms with E-state index in [1.807, 2.05) is 24.6 Å².